The lowest BCUT2D eigenvalue weighted by Gasteiger charge is -1.99. The van der Waals surface area contributed by atoms with E-state index in [1.807, 2.05) is 13.0 Å². The van der Waals surface area contributed by atoms with Gasteiger partial charge in [0, 0.05) is 6.42 Å². The van der Waals surface area contributed by atoms with Crippen LogP contribution in [0.4, 0.5) is 8.78 Å². The first-order valence-corrected chi connectivity index (χ1v) is 4.34. The van der Waals surface area contributed by atoms with E-state index < -0.39 is 6.17 Å². The Balaban J connectivity index is 2.65. The summed E-state index contributed by atoms with van der Waals surface area (Å²) in [6.07, 6.45) is 4.39. The highest BCUT2D eigenvalue weighted by Gasteiger charge is 2.07. The summed E-state index contributed by atoms with van der Waals surface area (Å²) < 4.78 is 25.7. The van der Waals surface area contributed by atoms with Crippen LogP contribution in [0.1, 0.15) is 32.6 Å². The first kappa shape index (κ1) is 9.43. The smallest absolute Gasteiger partial charge is 0.121 e. The Morgan fingerprint density at radius 1 is 1.50 bits per heavy atom. The third kappa shape index (κ3) is 3.16. The van der Waals surface area contributed by atoms with Gasteiger partial charge in [-0.05, 0) is 32.3 Å². The molecule has 0 aromatic carbocycles. The Kier molecular flexibility index (Phi) is 3.45. The molecule has 2 heteroatoms. The van der Waals surface area contributed by atoms with Gasteiger partial charge in [-0.15, -0.1) is 0 Å². The predicted molar refractivity (Wildman–Crippen MR) is 46.3 cm³/mol. The van der Waals surface area contributed by atoms with Crippen LogP contribution in [0.25, 0.3) is 0 Å². The minimum absolute atomic E-state index is 0.278. The maximum Gasteiger partial charge on any atom is 0.121 e. The van der Waals surface area contributed by atoms with Crippen molar-refractivity contribution in [2.75, 3.05) is 0 Å². The summed E-state index contributed by atoms with van der Waals surface area (Å²) >= 11 is 0. The molecule has 1 aliphatic carbocycles. The van der Waals surface area contributed by atoms with E-state index in [1.54, 1.807) is 0 Å². The molecule has 1 rings (SSSR count). The van der Waals surface area contributed by atoms with Gasteiger partial charge in [-0.25, -0.2) is 8.78 Å². The fourth-order valence-electron chi connectivity index (χ4n) is 1.34. The van der Waals surface area contributed by atoms with Gasteiger partial charge in [0.15, 0.2) is 0 Å². The van der Waals surface area contributed by atoms with Crippen molar-refractivity contribution in [2.24, 2.45) is 0 Å². The summed E-state index contributed by atoms with van der Waals surface area (Å²) in [5, 5.41) is 0. The van der Waals surface area contributed by atoms with Gasteiger partial charge in [-0.2, -0.15) is 0 Å². The number of halogens is 2. The molecular formula is C10H14F2. The zero-order valence-corrected chi connectivity index (χ0v) is 7.32. The van der Waals surface area contributed by atoms with Gasteiger partial charge in [-0.3, -0.25) is 0 Å². The van der Waals surface area contributed by atoms with Crippen molar-refractivity contribution in [3.8, 4) is 0 Å². The highest BCUT2D eigenvalue weighted by molar-refractivity contribution is 5.11. The fourth-order valence-corrected chi connectivity index (χ4v) is 1.34. The Labute approximate surface area is 72.0 Å². The van der Waals surface area contributed by atoms with Crippen LogP contribution in [0.2, 0.25) is 0 Å². The second-order valence-electron chi connectivity index (χ2n) is 3.29. The quantitative estimate of drug-likeness (QED) is 0.489. The maximum atomic E-state index is 12.9. The van der Waals surface area contributed by atoms with Crippen LogP contribution in [-0.2, 0) is 0 Å². The van der Waals surface area contributed by atoms with Crippen LogP contribution in [-0.4, -0.2) is 6.17 Å². The number of rotatable bonds is 0. The Hall–Kier alpha value is -0.660. The summed E-state index contributed by atoms with van der Waals surface area (Å²) in [6, 6.07) is 0. The minimum Gasteiger partial charge on any atom is -0.243 e. The van der Waals surface area contributed by atoms with E-state index in [2.05, 4.69) is 0 Å². The molecule has 0 aromatic heterocycles. The lowest BCUT2D eigenvalue weighted by Crippen LogP contribution is -1.94. The average Bonchev–Trinajstić information content (AvgIpc) is 2.01. The molecule has 0 aromatic rings. The standard InChI is InChI=1S/C10H14F2/c1-8-4-2-3-5-9(11)7-10(12)6-8/h4,7,9H,2-3,5-6H2,1H3/b8-4-,10-7+. The van der Waals surface area contributed by atoms with Gasteiger partial charge in [0.05, 0.1) is 0 Å². The van der Waals surface area contributed by atoms with E-state index >= 15 is 0 Å². The Morgan fingerprint density at radius 2 is 2.25 bits per heavy atom. The molecular weight excluding hydrogens is 158 g/mol. The van der Waals surface area contributed by atoms with Gasteiger partial charge in [0.2, 0.25) is 0 Å². The lowest BCUT2D eigenvalue weighted by molar-refractivity contribution is 0.365. The molecule has 1 aliphatic rings. The largest absolute Gasteiger partial charge is 0.243 e. The van der Waals surface area contributed by atoms with Crippen molar-refractivity contribution in [1.82, 2.24) is 0 Å². The molecule has 0 nitrogen and oxygen atoms in total. The molecule has 0 fully saturated rings. The SMILES string of the molecule is C/C1=C/CCCC(F)/C=C(/F)C1. The van der Waals surface area contributed by atoms with Gasteiger partial charge in [-0.1, -0.05) is 11.6 Å². The molecule has 0 saturated carbocycles. The van der Waals surface area contributed by atoms with Gasteiger partial charge < -0.3 is 0 Å². The van der Waals surface area contributed by atoms with Gasteiger partial charge >= 0.3 is 0 Å². The second kappa shape index (κ2) is 4.39. The Bertz CT molecular complexity index is 204. The van der Waals surface area contributed by atoms with Crippen molar-refractivity contribution < 1.29 is 8.78 Å². The first-order valence-electron chi connectivity index (χ1n) is 4.34. The van der Waals surface area contributed by atoms with Crippen LogP contribution in [0, 0.1) is 0 Å². The van der Waals surface area contributed by atoms with E-state index in [9.17, 15) is 8.78 Å². The predicted octanol–water partition coefficient (Wildman–Crippen LogP) is 3.70. The number of hydrogen-bond donors (Lipinski definition) is 0. The highest BCUT2D eigenvalue weighted by atomic mass is 19.1. The number of allylic oxidation sites excluding steroid dienone is 4. The molecule has 68 valence electrons. The third-order valence-corrected chi connectivity index (χ3v) is 1.99. The second-order valence-corrected chi connectivity index (χ2v) is 3.29. The number of alkyl halides is 1. The van der Waals surface area contributed by atoms with Crippen molar-refractivity contribution in [1.29, 1.82) is 0 Å². The molecule has 0 saturated heterocycles. The Morgan fingerprint density at radius 3 is 3.00 bits per heavy atom. The molecule has 12 heavy (non-hydrogen) atoms. The van der Waals surface area contributed by atoms with Crippen molar-refractivity contribution >= 4 is 0 Å². The molecule has 0 radical (unpaired) electrons. The highest BCUT2D eigenvalue weighted by Crippen LogP contribution is 2.19. The fraction of sp³-hybridized carbons (Fsp3) is 0.600. The summed E-state index contributed by atoms with van der Waals surface area (Å²) in [7, 11) is 0. The first-order chi connectivity index (χ1) is 5.68. The van der Waals surface area contributed by atoms with Gasteiger partial charge in [0.25, 0.3) is 0 Å². The molecule has 0 N–H and O–H groups in total. The third-order valence-electron chi connectivity index (χ3n) is 1.99. The van der Waals surface area contributed by atoms with Crippen LogP contribution >= 0.6 is 0 Å². The van der Waals surface area contributed by atoms with E-state index in [0.29, 0.717) is 6.42 Å². The molecule has 0 heterocycles. The van der Waals surface area contributed by atoms with Crippen LogP contribution < -0.4 is 0 Å². The zero-order valence-electron chi connectivity index (χ0n) is 7.32. The van der Waals surface area contributed by atoms with Crippen molar-refractivity contribution in [2.45, 2.75) is 38.8 Å². The van der Waals surface area contributed by atoms with Crippen LogP contribution in [0.5, 0.6) is 0 Å². The lowest BCUT2D eigenvalue weighted by atomic mass is 10.1. The van der Waals surface area contributed by atoms with Crippen molar-refractivity contribution in [3.05, 3.63) is 23.6 Å². The molecule has 0 amide bonds. The van der Waals surface area contributed by atoms with Gasteiger partial charge in [0.1, 0.15) is 12.0 Å². The monoisotopic (exact) mass is 172 g/mol. The van der Waals surface area contributed by atoms with Crippen LogP contribution in [0.15, 0.2) is 23.6 Å². The molecule has 0 aliphatic heterocycles. The summed E-state index contributed by atoms with van der Waals surface area (Å²) in [5.41, 5.74) is 0.998. The average molecular weight is 172 g/mol. The van der Waals surface area contributed by atoms with Crippen LogP contribution in [0.3, 0.4) is 0 Å². The van der Waals surface area contributed by atoms with Crippen molar-refractivity contribution in [3.63, 3.8) is 0 Å². The minimum atomic E-state index is -1.09. The molecule has 0 bridgehead atoms. The molecule has 0 spiro atoms. The summed E-state index contributed by atoms with van der Waals surface area (Å²) in [5.74, 6) is -0.335. The van der Waals surface area contributed by atoms with E-state index in [4.69, 9.17) is 0 Å². The van der Waals surface area contributed by atoms with E-state index in [1.165, 1.54) is 0 Å². The van der Waals surface area contributed by atoms with E-state index in [-0.39, 0.29) is 12.2 Å². The topological polar surface area (TPSA) is 0 Å². The number of hydrogen-bond acceptors (Lipinski definition) is 0. The molecule has 1 atom stereocenters. The summed E-state index contributed by atoms with van der Waals surface area (Å²) in [4.78, 5) is 0. The summed E-state index contributed by atoms with van der Waals surface area (Å²) in [6.45, 7) is 1.88. The zero-order chi connectivity index (χ0) is 8.97. The van der Waals surface area contributed by atoms with E-state index in [0.717, 1.165) is 24.5 Å². The maximum absolute atomic E-state index is 12.9. The molecule has 1 unspecified atom stereocenters. The normalized spacial score (nSPS) is 35.1.